The van der Waals surface area contributed by atoms with E-state index in [4.69, 9.17) is 0 Å². The van der Waals surface area contributed by atoms with Crippen LogP contribution in [-0.2, 0) is 10.5 Å². The zero-order chi connectivity index (χ0) is 20.8. The summed E-state index contributed by atoms with van der Waals surface area (Å²) >= 11 is 2.82. The summed E-state index contributed by atoms with van der Waals surface area (Å²) in [6.07, 6.45) is 4.71. The number of aromatic nitrogens is 4. The number of hydrogen-bond acceptors (Lipinski definition) is 6. The van der Waals surface area contributed by atoms with E-state index in [9.17, 15) is 13.6 Å². The fraction of sp³-hybridized carbons (Fsp3) is 0.400. The van der Waals surface area contributed by atoms with Crippen LogP contribution in [0.3, 0.4) is 0 Å². The summed E-state index contributed by atoms with van der Waals surface area (Å²) in [6, 6.07) is 3.65. The van der Waals surface area contributed by atoms with Gasteiger partial charge in [-0.2, -0.15) is 0 Å². The number of benzene rings is 1. The highest BCUT2D eigenvalue weighted by Gasteiger charge is 2.36. The SMILES string of the molecule is CC(=O)N(c1nc(CSc2nnc(C3CC3)n2C2CC2)cs1)c1ccc(F)cc1F. The molecule has 0 bridgehead atoms. The second-order valence-corrected chi connectivity index (χ2v) is 9.36. The third-order valence-corrected chi connectivity index (χ3v) is 6.94. The van der Waals surface area contributed by atoms with Crippen molar-refractivity contribution < 1.29 is 13.6 Å². The van der Waals surface area contributed by atoms with Crippen molar-refractivity contribution in [2.75, 3.05) is 4.90 Å². The lowest BCUT2D eigenvalue weighted by molar-refractivity contribution is -0.115. The Labute approximate surface area is 180 Å². The molecule has 2 fully saturated rings. The predicted molar refractivity (Wildman–Crippen MR) is 111 cm³/mol. The normalized spacial score (nSPS) is 16.1. The molecule has 2 saturated carbocycles. The summed E-state index contributed by atoms with van der Waals surface area (Å²) < 4.78 is 29.8. The maximum Gasteiger partial charge on any atom is 0.230 e. The molecule has 0 radical (unpaired) electrons. The summed E-state index contributed by atoms with van der Waals surface area (Å²) in [5.74, 6) is 0.338. The Bertz CT molecular complexity index is 1110. The number of amides is 1. The molecule has 2 aliphatic rings. The van der Waals surface area contributed by atoms with Gasteiger partial charge >= 0.3 is 0 Å². The van der Waals surface area contributed by atoms with Crippen LogP contribution in [-0.4, -0.2) is 25.7 Å². The van der Waals surface area contributed by atoms with Gasteiger partial charge in [-0.3, -0.25) is 9.69 Å². The van der Waals surface area contributed by atoms with Crippen LogP contribution < -0.4 is 4.90 Å². The van der Waals surface area contributed by atoms with Crippen LogP contribution in [0.25, 0.3) is 0 Å². The van der Waals surface area contributed by atoms with Gasteiger partial charge < -0.3 is 4.57 Å². The molecule has 1 aromatic carbocycles. The summed E-state index contributed by atoms with van der Waals surface area (Å²) in [5, 5.41) is 11.9. The second-order valence-electron chi connectivity index (χ2n) is 7.58. The number of anilines is 2. The number of thioether (sulfide) groups is 1. The quantitative estimate of drug-likeness (QED) is 0.466. The van der Waals surface area contributed by atoms with Gasteiger partial charge in [-0.25, -0.2) is 13.8 Å². The van der Waals surface area contributed by atoms with Crippen molar-refractivity contribution in [3.05, 3.63) is 46.7 Å². The first-order chi connectivity index (χ1) is 14.5. The molecule has 2 heterocycles. The number of nitrogens with zero attached hydrogens (tertiary/aromatic N) is 5. The Kier molecular flexibility index (Phi) is 5.06. The number of carbonyl (C=O) groups is 1. The first kappa shape index (κ1) is 19.6. The summed E-state index contributed by atoms with van der Waals surface area (Å²) in [4.78, 5) is 17.9. The highest BCUT2D eigenvalue weighted by Crippen LogP contribution is 2.46. The first-order valence-electron chi connectivity index (χ1n) is 9.79. The van der Waals surface area contributed by atoms with Gasteiger partial charge in [-0.1, -0.05) is 11.8 Å². The molecule has 3 aromatic rings. The van der Waals surface area contributed by atoms with E-state index in [2.05, 4.69) is 19.7 Å². The number of halogens is 2. The van der Waals surface area contributed by atoms with E-state index in [0.717, 1.165) is 28.8 Å². The Morgan fingerprint density at radius 1 is 1.27 bits per heavy atom. The largest absolute Gasteiger partial charge is 0.303 e. The molecule has 6 nitrogen and oxygen atoms in total. The lowest BCUT2D eigenvalue weighted by atomic mass is 10.2. The molecule has 0 aliphatic heterocycles. The van der Waals surface area contributed by atoms with E-state index in [-0.39, 0.29) is 5.69 Å². The second kappa shape index (κ2) is 7.73. The lowest BCUT2D eigenvalue weighted by Gasteiger charge is -2.18. The molecule has 0 atom stereocenters. The van der Waals surface area contributed by atoms with Crippen molar-refractivity contribution in [1.82, 2.24) is 19.7 Å². The minimum Gasteiger partial charge on any atom is -0.303 e. The van der Waals surface area contributed by atoms with Crippen molar-refractivity contribution in [3.8, 4) is 0 Å². The van der Waals surface area contributed by atoms with Crippen molar-refractivity contribution in [3.63, 3.8) is 0 Å². The van der Waals surface area contributed by atoms with Crippen LogP contribution in [0.4, 0.5) is 19.6 Å². The molecule has 0 unspecified atom stereocenters. The van der Waals surface area contributed by atoms with Crippen LogP contribution >= 0.6 is 23.1 Å². The van der Waals surface area contributed by atoms with Crippen molar-refractivity contribution in [2.45, 2.75) is 55.5 Å². The Hall–Kier alpha value is -2.33. The third-order valence-electron chi connectivity index (χ3n) is 5.09. The number of thiazole rings is 1. The number of hydrogen-bond donors (Lipinski definition) is 0. The van der Waals surface area contributed by atoms with Gasteiger partial charge in [0.25, 0.3) is 0 Å². The topological polar surface area (TPSA) is 63.9 Å². The smallest absolute Gasteiger partial charge is 0.230 e. The van der Waals surface area contributed by atoms with E-state index in [1.807, 2.05) is 5.38 Å². The van der Waals surface area contributed by atoms with Crippen molar-refractivity contribution in [1.29, 1.82) is 0 Å². The molecule has 0 saturated heterocycles. The Morgan fingerprint density at radius 2 is 2.07 bits per heavy atom. The summed E-state index contributed by atoms with van der Waals surface area (Å²) in [5.41, 5.74) is 0.757. The summed E-state index contributed by atoms with van der Waals surface area (Å²) in [6.45, 7) is 1.33. The molecule has 30 heavy (non-hydrogen) atoms. The lowest BCUT2D eigenvalue weighted by Crippen LogP contribution is -2.23. The standard InChI is InChI=1S/C20H19F2N5OS2/c1-11(28)26(17-7-4-13(21)8-16(17)22)19-23-14(9-29-19)10-30-20-25-24-18(12-2-3-12)27(20)15-5-6-15/h4,7-9,12,15H,2-3,5-6,10H2,1H3. The zero-order valence-electron chi connectivity index (χ0n) is 16.2. The molecule has 156 valence electrons. The van der Waals surface area contributed by atoms with Gasteiger partial charge in [-0.15, -0.1) is 21.5 Å². The fourth-order valence-electron chi connectivity index (χ4n) is 3.36. The van der Waals surface area contributed by atoms with Gasteiger partial charge in [0, 0.05) is 36.1 Å². The molecule has 2 aliphatic carbocycles. The average Bonchev–Trinajstić information content (AvgIpc) is 3.64. The molecule has 5 rings (SSSR count). The van der Waals surface area contributed by atoms with E-state index in [1.165, 1.54) is 54.9 Å². The van der Waals surface area contributed by atoms with E-state index < -0.39 is 17.5 Å². The molecular weight excluding hydrogens is 428 g/mol. The molecule has 0 spiro atoms. The van der Waals surface area contributed by atoms with Gasteiger partial charge in [0.15, 0.2) is 10.3 Å². The average molecular weight is 448 g/mol. The number of rotatable bonds is 7. The van der Waals surface area contributed by atoms with Crippen LogP contribution in [0.15, 0.2) is 28.7 Å². The predicted octanol–water partition coefficient (Wildman–Crippen LogP) is 5.20. The Balaban J connectivity index is 1.34. The van der Waals surface area contributed by atoms with Crippen molar-refractivity contribution >= 4 is 39.8 Å². The van der Waals surface area contributed by atoms with Crippen LogP contribution in [0.1, 0.15) is 56.1 Å². The molecule has 1 amide bonds. The van der Waals surface area contributed by atoms with E-state index in [0.29, 0.717) is 22.8 Å². The van der Waals surface area contributed by atoms with Crippen molar-refractivity contribution in [2.24, 2.45) is 0 Å². The summed E-state index contributed by atoms with van der Waals surface area (Å²) in [7, 11) is 0. The molecule has 2 aromatic heterocycles. The molecular formula is C20H19F2N5OS2. The maximum absolute atomic E-state index is 14.2. The third kappa shape index (κ3) is 3.85. The molecule has 0 N–H and O–H groups in total. The minimum atomic E-state index is -0.804. The fourth-order valence-corrected chi connectivity index (χ4v) is 5.25. The van der Waals surface area contributed by atoms with Gasteiger partial charge in [0.2, 0.25) is 5.91 Å². The maximum atomic E-state index is 14.2. The monoisotopic (exact) mass is 447 g/mol. The van der Waals surface area contributed by atoms with Gasteiger partial charge in [0.1, 0.15) is 17.5 Å². The van der Waals surface area contributed by atoms with Gasteiger partial charge in [-0.05, 0) is 37.8 Å². The molecule has 10 heteroatoms. The highest BCUT2D eigenvalue weighted by atomic mass is 32.2. The van der Waals surface area contributed by atoms with E-state index >= 15 is 0 Å². The van der Waals surface area contributed by atoms with Crippen LogP contribution in [0.5, 0.6) is 0 Å². The zero-order valence-corrected chi connectivity index (χ0v) is 17.8. The first-order valence-corrected chi connectivity index (χ1v) is 11.7. The Morgan fingerprint density at radius 3 is 2.73 bits per heavy atom. The van der Waals surface area contributed by atoms with Crippen LogP contribution in [0, 0.1) is 11.6 Å². The number of carbonyl (C=O) groups excluding carboxylic acids is 1. The minimum absolute atomic E-state index is 0.0139. The highest BCUT2D eigenvalue weighted by molar-refractivity contribution is 7.98. The van der Waals surface area contributed by atoms with Crippen LogP contribution in [0.2, 0.25) is 0 Å². The van der Waals surface area contributed by atoms with Gasteiger partial charge in [0.05, 0.1) is 11.4 Å². The van der Waals surface area contributed by atoms with E-state index in [1.54, 1.807) is 11.8 Å².